The van der Waals surface area contributed by atoms with Crippen LogP contribution in [0.1, 0.15) is 20.8 Å². The summed E-state index contributed by atoms with van der Waals surface area (Å²) in [5.74, 6) is -1.62. The third-order valence-corrected chi connectivity index (χ3v) is 1.47. The first-order valence-corrected chi connectivity index (χ1v) is 3.95. The molecule has 6 nitrogen and oxygen atoms in total. The maximum absolute atomic E-state index is 11.1. The molecule has 0 aromatic rings. The lowest BCUT2D eigenvalue weighted by Gasteiger charge is -2.02. The third kappa shape index (κ3) is 2.96. The van der Waals surface area contributed by atoms with Gasteiger partial charge in [0, 0.05) is 6.92 Å². The van der Waals surface area contributed by atoms with Crippen molar-refractivity contribution in [2.24, 2.45) is 0 Å². The Kier molecular flexibility index (Phi) is 4.48. The highest BCUT2D eigenvalue weighted by Crippen LogP contribution is 2.08. The number of hydrogen-bond donors (Lipinski definition) is 0. The van der Waals surface area contributed by atoms with Gasteiger partial charge in [-0.15, -0.1) is 0 Å². The van der Waals surface area contributed by atoms with E-state index in [1.54, 1.807) is 6.92 Å². The molecule has 0 saturated carbocycles. The van der Waals surface area contributed by atoms with Crippen LogP contribution in [0.25, 0.3) is 0 Å². The fourth-order valence-electron chi connectivity index (χ4n) is 0.841. The van der Waals surface area contributed by atoms with E-state index in [1.807, 2.05) is 0 Å². The second-order valence-electron chi connectivity index (χ2n) is 2.49. The van der Waals surface area contributed by atoms with Crippen LogP contribution in [0.4, 0.5) is 0 Å². The molecule has 0 amide bonds. The number of allylic oxidation sites excluding steroid dienone is 1. The summed E-state index contributed by atoms with van der Waals surface area (Å²) in [7, 11) is 0. The van der Waals surface area contributed by atoms with Crippen LogP contribution in [0.2, 0.25) is 0 Å². The lowest BCUT2D eigenvalue weighted by molar-refractivity contribution is -0.425. The van der Waals surface area contributed by atoms with Crippen LogP contribution in [0.3, 0.4) is 0 Å². The third-order valence-electron chi connectivity index (χ3n) is 1.47. The molecule has 0 aromatic carbocycles. The Morgan fingerprint density at radius 1 is 1.36 bits per heavy atom. The highest BCUT2D eigenvalue weighted by molar-refractivity contribution is 6.16. The summed E-state index contributed by atoms with van der Waals surface area (Å²) in [4.78, 5) is 31.6. The van der Waals surface area contributed by atoms with Crippen molar-refractivity contribution in [2.75, 3.05) is 6.61 Å². The van der Waals surface area contributed by atoms with Gasteiger partial charge in [0.15, 0.2) is 11.4 Å². The predicted octanol–water partition coefficient (Wildman–Crippen LogP) is 0.689. The van der Waals surface area contributed by atoms with Crippen LogP contribution >= 0.6 is 0 Å². The molecule has 78 valence electrons. The Morgan fingerprint density at radius 2 is 1.86 bits per heavy atom. The first-order chi connectivity index (χ1) is 6.41. The van der Waals surface area contributed by atoms with Gasteiger partial charge in [0.05, 0.1) is 11.5 Å². The van der Waals surface area contributed by atoms with E-state index >= 15 is 0 Å². The zero-order valence-electron chi connectivity index (χ0n) is 8.20. The molecule has 0 aliphatic rings. The molecular formula is C8H11NO5. The molecule has 6 heteroatoms. The van der Waals surface area contributed by atoms with Gasteiger partial charge in [-0.25, -0.2) is 4.79 Å². The maximum atomic E-state index is 11.1. The standard InChI is InChI=1S/C8H11NO5/c1-4-14-8(11)7(6(3)10)5(2)9(12)13/h4H2,1-3H3/b7-5-. The van der Waals surface area contributed by atoms with E-state index in [0.717, 1.165) is 13.8 Å². The van der Waals surface area contributed by atoms with Gasteiger partial charge < -0.3 is 4.74 Å². The zero-order chi connectivity index (χ0) is 11.3. The molecule has 0 heterocycles. The molecule has 0 unspecified atom stereocenters. The summed E-state index contributed by atoms with van der Waals surface area (Å²) in [5.41, 5.74) is -0.993. The summed E-state index contributed by atoms with van der Waals surface area (Å²) < 4.78 is 4.51. The maximum Gasteiger partial charge on any atom is 0.348 e. The molecule has 0 aromatic heterocycles. The van der Waals surface area contributed by atoms with Gasteiger partial charge in [0.1, 0.15) is 0 Å². The Hall–Kier alpha value is -1.72. The van der Waals surface area contributed by atoms with Gasteiger partial charge >= 0.3 is 5.97 Å². The number of ketones is 1. The number of esters is 1. The minimum absolute atomic E-state index is 0.0700. The van der Waals surface area contributed by atoms with Gasteiger partial charge in [-0.3, -0.25) is 14.9 Å². The van der Waals surface area contributed by atoms with Crippen molar-refractivity contribution in [3.05, 3.63) is 21.4 Å². The van der Waals surface area contributed by atoms with Crippen molar-refractivity contribution in [3.8, 4) is 0 Å². The number of carbonyl (C=O) groups excluding carboxylic acids is 2. The molecule has 0 aliphatic heterocycles. The molecule has 0 atom stereocenters. The van der Waals surface area contributed by atoms with Crippen LogP contribution in [0.5, 0.6) is 0 Å². The van der Waals surface area contributed by atoms with Gasteiger partial charge in [-0.2, -0.15) is 0 Å². The average Bonchev–Trinajstić information content (AvgIpc) is 2.03. The van der Waals surface area contributed by atoms with Gasteiger partial charge in [0.25, 0.3) is 5.70 Å². The van der Waals surface area contributed by atoms with E-state index in [0.29, 0.717) is 0 Å². The van der Waals surface area contributed by atoms with Crippen molar-refractivity contribution in [1.29, 1.82) is 0 Å². The fourth-order valence-corrected chi connectivity index (χ4v) is 0.841. The van der Waals surface area contributed by atoms with Gasteiger partial charge in [-0.05, 0) is 13.8 Å². The molecule has 0 spiro atoms. The predicted molar refractivity (Wildman–Crippen MR) is 47.0 cm³/mol. The molecule has 0 saturated heterocycles. The summed E-state index contributed by atoms with van der Waals surface area (Å²) >= 11 is 0. The monoisotopic (exact) mass is 201 g/mol. The number of nitrogens with zero attached hydrogens (tertiary/aromatic N) is 1. The van der Waals surface area contributed by atoms with E-state index in [9.17, 15) is 19.7 Å². The van der Waals surface area contributed by atoms with E-state index in [1.165, 1.54) is 0 Å². The van der Waals surface area contributed by atoms with Gasteiger partial charge in [0.2, 0.25) is 0 Å². The lowest BCUT2D eigenvalue weighted by Crippen LogP contribution is -2.18. The second kappa shape index (κ2) is 5.11. The molecule has 0 N–H and O–H groups in total. The Balaban J connectivity index is 5.14. The van der Waals surface area contributed by atoms with E-state index in [2.05, 4.69) is 4.74 Å². The quantitative estimate of drug-likeness (QED) is 0.167. The SMILES string of the molecule is CCOC(=O)/C(C(C)=O)=C(/C)[N+](=O)[O-]. The van der Waals surface area contributed by atoms with E-state index < -0.39 is 27.9 Å². The van der Waals surface area contributed by atoms with Crippen LogP contribution in [0, 0.1) is 10.1 Å². The number of carbonyl (C=O) groups is 2. The minimum Gasteiger partial charge on any atom is -0.462 e. The van der Waals surface area contributed by atoms with Crippen LogP contribution in [-0.4, -0.2) is 23.3 Å². The largest absolute Gasteiger partial charge is 0.462 e. The molecule has 0 aliphatic carbocycles. The molecule has 0 fully saturated rings. The Labute approximate surface area is 80.7 Å². The molecular weight excluding hydrogens is 190 g/mol. The first-order valence-electron chi connectivity index (χ1n) is 3.95. The molecule has 14 heavy (non-hydrogen) atoms. The van der Waals surface area contributed by atoms with E-state index in [4.69, 9.17) is 0 Å². The highest BCUT2D eigenvalue weighted by atomic mass is 16.6. The summed E-state index contributed by atoms with van der Waals surface area (Å²) in [6.07, 6.45) is 0. The number of ether oxygens (including phenoxy) is 1. The molecule has 0 rings (SSSR count). The average molecular weight is 201 g/mol. The second-order valence-corrected chi connectivity index (χ2v) is 2.49. The zero-order valence-corrected chi connectivity index (χ0v) is 8.20. The topological polar surface area (TPSA) is 86.5 Å². The minimum atomic E-state index is -0.950. The highest BCUT2D eigenvalue weighted by Gasteiger charge is 2.25. The number of Topliss-reactive ketones (excluding diaryl/α,β-unsaturated/α-hetero) is 1. The summed E-state index contributed by atoms with van der Waals surface area (Å²) in [5, 5.41) is 10.3. The van der Waals surface area contributed by atoms with E-state index in [-0.39, 0.29) is 6.61 Å². The normalized spacial score (nSPS) is 11.6. The van der Waals surface area contributed by atoms with Crippen LogP contribution in [0.15, 0.2) is 11.3 Å². The van der Waals surface area contributed by atoms with Crippen molar-refractivity contribution in [3.63, 3.8) is 0 Å². The molecule has 0 bridgehead atoms. The summed E-state index contributed by atoms with van der Waals surface area (Å²) in [6, 6.07) is 0. The van der Waals surface area contributed by atoms with Crippen molar-refractivity contribution in [2.45, 2.75) is 20.8 Å². The fraction of sp³-hybridized carbons (Fsp3) is 0.500. The number of nitro groups is 1. The van der Waals surface area contributed by atoms with Crippen molar-refractivity contribution < 1.29 is 19.2 Å². The first kappa shape index (κ1) is 12.3. The van der Waals surface area contributed by atoms with Crippen molar-refractivity contribution >= 4 is 11.8 Å². The van der Waals surface area contributed by atoms with Crippen molar-refractivity contribution in [1.82, 2.24) is 0 Å². The summed E-state index contributed by atoms with van der Waals surface area (Å²) in [6.45, 7) is 3.80. The number of rotatable bonds is 4. The Bertz CT molecular complexity index is 305. The Morgan fingerprint density at radius 3 is 2.14 bits per heavy atom. The lowest BCUT2D eigenvalue weighted by atomic mass is 10.1. The number of hydrogen-bond acceptors (Lipinski definition) is 5. The molecule has 0 radical (unpaired) electrons. The van der Waals surface area contributed by atoms with Gasteiger partial charge in [-0.1, -0.05) is 0 Å². The van der Waals surface area contributed by atoms with Crippen LogP contribution < -0.4 is 0 Å². The smallest absolute Gasteiger partial charge is 0.348 e. The van der Waals surface area contributed by atoms with Crippen LogP contribution in [-0.2, 0) is 14.3 Å².